The number of fused-ring (bicyclic) bond motifs is 1. The second-order valence-electron chi connectivity index (χ2n) is 5.53. The summed E-state index contributed by atoms with van der Waals surface area (Å²) in [4.78, 5) is 35.1. The Hall–Kier alpha value is -3.49. The third-order valence-corrected chi connectivity index (χ3v) is 3.67. The molecular formula is C20H20N2O6. The molecule has 8 heteroatoms. The topological polar surface area (TPSA) is 114 Å². The number of carbonyl (C=O) groups excluding carboxylic acids is 3. The fourth-order valence-corrected chi connectivity index (χ4v) is 2.33. The van der Waals surface area contributed by atoms with Crippen LogP contribution in [0.5, 0.6) is 0 Å². The molecule has 0 aliphatic heterocycles. The molecule has 8 nitrogen and oxygen atoms in total. The number of nitrogens with one attached hydrogen (secondary N) is 2. The number of rotatable bonds is 7. The van der Waals surface area contributed by atoms with Crippen molar-refractivity contribution < 1.29 is 29.0 Å². The number of carbonyl (C=O) groups is 3. The summed E-state index contributed by atoms with van der Waals surface area (Å²) in [6.07, 6.45) is 3.29. The van der Waals surface area contributed by atoms with Crippen LogP contribution < -0.4 is 10.6 Å². The van der Waals surface area contributed by atoms with Crippen molar-refractivity contribution in [3.8, 4) is 0 Å². The van der Waals surface area contributed by atoms with Crippen LogP contribution >= 0.6 is 0 Å². The summed E-state index contributed by atoms with van der Waals surface area (Å²) in [6.45, 7) is 0. The molecule has 0 saturated carbocycles. The van der Waals surface area contributed by atoms with Gasteiger partial charge in [0.1, 0.15) is 0 Å². The van der Waals surface area contributed by atoms with Gasteiger partial charge in [-0.15, -0.1) is 0 Å². The molecule has 2 aromatic rings. The van der Waals surface area contributed by atoms with Crippen molar-refractivity contribution >= 4 is 39.9 Å². The Labute approximate surface area is 161 Å². The SMILES string of the molecule is COC(=O)/C=C\C(=O)Nc1ccc(NC(=O)/C=C\C(O)OC)c2ccccc12. The molecule has 2 aromatic carbocycles. The van der Waals surface area contributed by atoms with E-state index in [1.807, 2.05) is 0 Å². The molecule has 2 rings (SSSR count). The molecule has 3 N–H and O–H groups in total. The first kappa shape index (κ1) is 20.8. The van der Waals surface area contributed by atoms with Gasteiger partial charge in [0.2, 0.25) is 11.8 Å². The van der Waals surface area contributed by atoms with Crippen LogP contribution in [0, 0.1) is 0 Å². The summed E-state index contributed by atoms with van der Waals surface area (Å²) >= 11 is 0. The molecule has 1 unspecified atom stereocenters. The first-order valence-corrected chi connectivity index (χ1v) is 8.23. The van der Waals surface area contributed by atoms with Gasteiger partial charge in [-0.1, -0.05) is 24.3 Å². The zero-order chi connectivity index (χ0) is 20.5. The Balaban J connectivity index is 2.24. The van der Waals surface area contributed by atoms with Crippen LogP contribution in [0.1, 0.15) is 0 Å². The molecule has 0 aliphatic carbocycles. The number of aliphatic hydroxyl groups excluding tert-OH is 1. The van der Waals surface area contributed by atoms with Crippen LogP contribution in [0.2, 0.25) is 0 Å². The fraction of sp³-hybridized carbons (Fsp3) is 0.150. The molecule has 0 spiro atoms. The quantitative estimate of drug-likeness (QED) is 0.382. The molecule has 28 heavy (non-hydrogen) atoms. The van der Waals surface area contributed by atoms with Crippen molar-refractivity contribution in [1.82, 2.24) is 0 Å². The maximum absolute atomic E-state index is 12.0. The van der Waals surface area contributed by atoms with E-state index in [-0.39, 0.29) is 0 Å². The molecule has 0 bridgehead atoms. The van der Waals surface area contributed by atoms with Gasteiger partial charge < -0.3 is 25.2 Å². The van der Waals surface area contributed by atoms with Gasteiger partial charge in [0.15, 0.2) is 6.29 Å². The van der Waals surface area contributed by atoms with Crippen molar-refractivity contribution in [2.75, 3.05) is 24.9 Å². The minimum absolute atomic E-state index is 0.445. The maximum Gasteiger partial charge on any atom is 0.330 e. The fourth-order valence-electron chi connectivity index (χ4n) is 2.33. The lowest BCUT2D eigenvalue weighted by Crippen LogP contribution is -2.12. The molecule has 0 saturated heterocycles. The van der Waals surface area contributed by atoms with Gasteiger partial charge in [-0.05, 0) is 18.2 Å². The molecule has 2 amide bonds. The summed E-state index contributed by atoms with van der Waals surface area (Å²) in [5.74, 6) is -1.58. The van der Waals surface area contributed by atoms with Gasteiger partial charge in [-0.2, -0.15) is 0 Å². The number of benzene rings is 2. The van der Waals surface area contributed by atoms with Crippen LogP contribution in [-0.2, 0) is 23.9 Å². The summed E-state index contributed by atoms with van der Waals surface area (Å²) in [5.41, 5.74) is 1.04. The van der Waals surface area contributed by atoms with E-state index in [1.54, 1.807) is 36.4 Å². The minimum atomic E-state index is -1.17. The van der Waals surface area contributed by atoms with Crippen LogP contribution in [0.25, 0.3) is 10.8 Å². The van der Waals surface area contributed by atoms with E-state index in [4.69, 9.17) is 0 Å². The van der Waals surface area contributed by atoms with Crippen molar-refractivity contribution in [3.63, 3.8) is 0 Å². The second-order valence-corrected chi connectivity index (χ2v) is 5.53. The summed E-state index contributed by atoms with van der Waals surface area (Å²) in [7, 11) is 2.53. The van der Waals surface area contributed by atoms with Gasteiger partial charge >= 0.3 is 5.97 Å². The Kier molecular flexibility index (Phi) is 7.44. The largest absolute Gasteiger partial charge is 0.466 e. The average molecular weight is 384 g/mol. The van der Waals surface area contributed by atoms with Gasteiger partial charge in [0, 0.05) is 47.5 Å². The zero-order valence-electron chi connectivity index (χ0n) is 15.3. The van der Waals surface area contributed by atoms with Gasteiger partial charge in [-0.25, -0.2) is 4.79 Å². The first-order chi connectivity index (χ1) is 13.4. The number of aliphatic hydroxyl groups is 1. The smallest absolute Gasteiger partial charge is 0.330 e. The van der Waals surface area contributed by atoms with Crippen LogP contribution in [-0.4, -0.2) is 43.4 Å². The molecule has 0 radical (unpaired) electrons. The maximum atomic E-state index is 12.0. The van der Waals surface area contributed by atoms with Crippen molar-refractivity contribution in [2.45, 2.75) is 6.29 Å². The Bertz CT molecular complexity index is 935. The zero-order valence-corrected chi connectivity index (χ0v) is 15.3. The van der Waals surface area contributed by atoms with E-state index >= 15 is 0 Å². The number of anilines is 2. The molecule has 1 atom stereocenters. The molecular weight excluding hydrogens is 364 g/mol. The predicted molar refractivity (Wildman–Crippen MR) is 105 cm³/mol. The lowest BCUT2D eigenvalue weighted by atomic mass is 10.1. The highest BCUT2D eigenvalue weighted by atomic mass is 16.6. The highest BCUT2D eigenvalue weighted by molar-refractivity contribution is 6.12. The van der Waals surface area contributed by atoms with E-state index < -0.39 is 24.1 Å². The number of hydrogen-bond donors (Lipinski definition) is 3. The standard InChI is InChI=1S/C20H20N2O6/c1-27-19(25)11-9-17(23)21-15-7-8-16(14-6-4-3-5-13(14)15)22-18(24)10-12-20(26)28-2/h3-12,19,25H,1-2H3,(H,21,23)(H,22,24)/b11-9-,12-10-. The average Bonchev–Trinajstić information content (AvgIpc) is 2.71. The number of ether oxygens (including phenoxy) is 2. The summed E-state index contributed by atoms with van der Waals surface area (Å²) in [6, 6.07) is 10.4. The Morgan fingerprint density at radius 3 is 1.93 bits per heavy atom. The van der Waals surface area contributed by atoms with E-state index in [1.165, 1.54) is 20.3 Å². The van der Waals surface area contributed by atoms with E-state index in [9.17, 15) is 19.5 Å². The lowest BCUT2D eigenvalue weighted by Gasteiger charge is -2.12. The number of amides is 2. The molecule has 146 valence electrons. The van der Waals surface area contributed by atoms with Gasteiger partial charge in [-0.3, -0.25) is 9.59 Å². The molecule has 0 fully saturated rings. The van der Waals surface area contributed by atoms with Crippen molar-refractivity contribution in [2.24, 2.45) is 0 Å². The lowest BCUT2D eigenvalue weighted by molar-refractivity contribution is -0.135. The monoisotopic (exact) mass is 384 g/mol. The summed E-state index contributed by atoms with van der Waals surface area (Å²) < 4.78 is 9.07. The van der Waals surface area contributed by atoms with Gasteiger partial charge in [0.25, 0.3) is 0 Å². The third-order valence-electron chi connectivity index (χ3n) is 3.67. The third kappa shape index (κ3) is 5.76. The van der Waals surface area contributed by atoms with Crippen LogP contribution in [0.4, 0.5) is 11.4 Å². The van der Waals surface area contributed by atoms with E-state index in [2.05, 4.69) is 20.1 Å². The van der Waals surface area contributed by atoms with Crippen LogP contribution in [0.15, 0.2) is 60.7 Å². The highest BCUT2D eigenvalue weighted by Crippen LogP contribution is 2.30. The second kappa shape index (κ2) is 10.0. The van der Waals surface area contributed by atoms with Crippen LogP contribution in [0.3, 0.4) is 0 Å². The minimum Gasteiger partial charge on any atom is -0.466 e. The van der Waals surface area contributed by atoms with Gasteiger partial charge in [0.05, 0.1) is 7.11 Å². The van der Waals surface area contributed by atoms with E-state index in [0.717, 1.165) is 18.2 Å². The molecule has 0 heterocycles. The van der Waals surface area contributed by atoms with Crippen molar-refractivity contribution in [1.29, 1.82) is 0 Å². The molecule has 0 aliphatic rings. The van der Waals surface area contributed by atoms with Crippen molar-refractivity contribution in [3.05, 3.63) is 60.7 Å². The number of methoxy groups -OCH3 is 2. The number of esters is 1. The normalized spacial score (nSPS) is 12.2. The number of hydrogen-bond acceptors (Lipinski definition) is 6. The Morgan fingerprint density at radius 1 is 0.893 bits per heavy atom. The highest BCUT2D eigenvalue weighted by Gasteiger charge is 2.09. The Morgan fingerprint density at radius 2 is 1.43 bits per heavy atom. The summed E-state index contributed by atoms with van der Waals surface area (Å²) in [5, 5.41) is 16.1. The predicted octanol–water partition coefficient (Wildman–Crippen LogP) is 1.97. The first-order valence-electron chi connectivity index (χ1n) is 8.23. The van der Waals surface area contributed by atoms with E-state index in [0.29, 0.717) is 22.1 Å². The molecule has 0 aromatic heterocycles.